The lowest BCUT2D eigenvalue weighted by molar-refractivity contribution is 1.12. The van der Waals surface area contributed by atoms with Gasteiger partial charge in [0.15, 0.2) is 0 Å². The maximum atomic E-state index is 2.48. The molecule has 1 aliphatic rings. The van der Waals surface area contributed by atoms with Crippen molar-refractivity contribution >= 4 is 60.8 Å². The molecule has 0 aromatic heterocycles. The van der Waals surface area contributed by atoms with Crippen LogP contribution in [0, 0.1) is 0 Å². The van der Waals surface area contributed by atoms with Crippen LogP contribution in [0.15, 0.2) is 158 Å². The smallest absolute Gasteiger partial charge is 0.00140 e. The van der Waals surface area contributed by atoms with Gasteiger partial charge in [-0.3, -0.25) is 0 Å². The average Bonchev–Trinajstić information content (AvgIpc) is 3.18. The van der Waals surface area contributed by atoms with Crippen LogP contribution in [-0.2, 0) is 0 Å². The molecule has 1 aliphatic carbocycles. The van der Waals surface area contributed by atoms with Crippen molar-refractivity contribution in [3.05, 3.63) is 174 Å². The predicted molar refractivity (Wildman–Crippen MR) is 225 cm³/mol. The maximum absolute atomic E-state index is 2.48. The van der Waals surface area contributed by atoms with E-state index in [9.17, 15) is 0 Å². The molecule has 0 fully saturated rings. The van der Waals surface area contributed by atoms with Gasteiger partial charge in [-0.15, -0.1) is 0 Å². The topological polar surface area (TPSA) is 0 Å². The summed E-state index contributed by atoms with van der Waals surface area (Å²) in [5.74, 6) is 0. The Bertz CT molecular complexity index is 2740. The Morgan fingerprint density at radius 1 is 0.451 bits per heavy atom. The number of fused-ring (bicyclic) bond motifs is 6. The van der Waals surface area contributed by atoms with Crippen molar-refractivity contribution in [2.75, 3.05) is 0 Å². The lowest BCUT2D eigenvalue weighted by Crippen LogP contribution is -2.32. The number of allylic oxidation sites excluding steroid dienone is 4. The molecule has 0 bridgehead atoms. The largest absolute Gasteiger partial charge is 0.0871 e. The second-order valence-electron chi connectivity index (χ2n) is 13.3. The molecule has 0 saturated carbocycles. The third kappa shape index (κ3) is 5.14. The van der Waals surface area contributed by atoms with Crippen LogP contribution in [0.1, 0.15) is 39.7 Å². The quantitative estimate of drug-likeness (QED) is 0.0984. The fraction of sp³-hybridized carbons (Fsp3) is 0.0980. The van der Waals surface area contributed by atoms with Crippen LogP contribution >= 0.6 is 0 Å². The summed E-state index contributed by atoms with van der Waals surface area (Å²) in [6, 6.07) is 51.6. The van der Waals surface area contributed by atoms with E-state index < -0.39 is 0 Å². The van der Waals surface area contributed by atoms with E-state index in [2.05, 4.69) is 184 Å². The molecule has 0 unspecified atom stereocenters. The fourth-order valence-corrected chi connectivity index (χ4v) is 8.54. The highest BCUT2D eigenvalue weighted by Crippen LogP contribution is 2.46. The summed E-state index contributed by atoms with van der Waals surface area (Å²) in [7, 11) is 0. The zero-order valence-electron chi connectivity index (χ0n) is 28.6. The van der Waals surface area contributed by atoms with E-state index in [1.807, 2.05) is 0 Å². The van der Waals surface area contributed by atoms with Gasteiger partial charge in [0.1, 0.15) is 0 Å². The van der Waals surface area contributed by atoms with Gasteiger partial charge in [-0.25, -0.2) is 0 Å². The third-order valence-corrected chi connectivity index (χ3v) is 10.5. The predicted octanol–water partition coefficient (Wildman–Crippen LogP) is 13.3. The number of benzene rings is 8. The van der Waals surface area contributed by atoms with E-state index in [0.29, 0.717) is 0 Å². The Morgan fingerprint density at radius 2 is 0.961 bits per heavy atom. The summed E-state index contributed by atoms with van der Waals surface area (Å²) in [4.78, 5) is 0. The minimum atomic E-state index is 0. The zero-order valence-corrected chi connectivity index (χ0v) is 28.6. The van der Waals surface area contributed by atoms with Crippen molar-refractivity contribution in [1.29, 1.82) is 0 Å². The third-order valence-electron chi connectivity index (χ3n) is 10.5. The van der Waals surface area contributed by atoms with Gasteiger partial charge in [0.25, 0.3) is 0 Å². The van der Waals surface area contributed by atoms with Crippen LogP contribution in [0.4, 0.5) is 0 Å². The molecular weight excluding hydrogens is 613 g/mol. The molecule has 0 N–H and O–H groups in total. The summed E-state index contributed by atoms with van der Waals surface area (Å²) < 4.78 is 0. The monoisotopic (exact) mass is 654 g/mol. The molecule has 0 heterocycles. The first kappa shape index (κ1) is 32.2. The molecule has 246 valence electrons. The standard InChI is InChI=1S/C50H38.CH4/c1-3-18-33(4-2)46-39-23-11-14-26-42(39)48(35-21-9-6-10-22-35)50-38-30-17-29-37(36(38)31-32-45(46)50)49-43-27-15-12-24-40(43)47(34-19-7-5-8-20-34)41-25-13-16-28-44(41)49;/h3-10,12-13,15-32H,11,14H2,1-2H3;1H4/b18-3-,33-4+;. The number of rotatable bonds is 5. The SMILES string of the molecule is C.C/C=C\C(=C/C)c1c2c(c(-c3ccccc3)c3c1ccc1c(-c4c5ccccc5c(-c5ccccc5)c5ccccc45)cccc13)=CCCC=2. The van der Waals surface area contributed by atoms with Crippen LogP contribution in [-0.4, -0.2) is 0 Å². The highest BCUT2D eigenvalue weighted by molar-refractivity contribution is 6.26. The summed E-state index contributed by atoms with van der Waals surface area (Å²) in [6.07, 6.45) is 13.8. The van der Waals surface area contributed by atoms with Gasteiger partial charge in [-0.05, 0) is 125 Å². The summed E-state index contributed by atoms with van der Waals surface area (Å²) in [5.41, 5.74) is 10.3. The second kappa shape index (κ2) is 13.4. The molecule has 0 saturated heterocycles. The summed E-state index contributed by atoms with van der Waals surface area (Å²) in [6.45, 7) is 4.28. The number of hydrogen-bond donors (Lipinski definition) is 0. The van der Waals surface area contributed by atoms with Crippen LogP contribution in [0.3, 0.4) is 0 Å². The van der Waals surface area contributed by atoms with Gasteiger partial charge < -0.3 is 0 Å². The first-order chi connectivity index (χ1) is 24.8. The molecule has 8 aromatic rings. The van der Waals surface area contributed by atoms with Gasteiger partial charge >= 0.3 is 0 Å². The molecule has 0 spiro atoms. The Balaban J connectivity index is 0.00000374. The molecule has 0 atom stereocenters. The highest BCUT2D eigenvalue weighted by atomic mass is 14.2. The molecule has 0 radical (unpaired) electrons. The first-order valence-corrected chi connectivity index (χ1v) is 17.8. The summed E-state index contributed by atoms with van der Waals surface area (Å²) in [5, 5.41) is 13.0. The molecule has 0 aliphatic heterocycles. The average molecular weight is 655 g/mol. The molecular formula is C51H42. The molecule has 0 heteroatoms. The molecule has 9 rings (SSSR count). The molecule has 8 aromatic carbocycles. The molecule has 0 amide bonds. The van der Waals surface area contributed by atoms with E-state index in [4.69, 9.17) is 0 Å². The van der Waals surface area contributed by atoms with Crippen molar-refractivity contribution in [3.8, 4) is 33.4 Å². The lowest BCUT2D eigenvalue weighted by Gasteiger charge is -2.21. The first-order valence-electron chi connectivity index (χ1n) is 17.8. The van der Waals surface area contributed by atoms with Gasteiger partial charge in [0.2, 0.25) is 0 Å². The van der Waals surface area contributed by atoms with E-state index >= 15 is 0 Å². The van der Waals surface area contributed by atoms with Crippen LogP contribution < -0.4 is 10.4 Å². The fourth-order valence-electron chi connectivity index (χ4n) is 8.54. The van der Waals surface area contributed by atoms with E-state index in [1.165, 1.54) is 98.0 Å². The van der Waals surface area contributed by atoms with Crippen LogP contribution in [0.2, 0.25) is 0 Å². The normalized spacial score (nSPS) is 12.9. The second-order valence-corrected chi connectivity index (χ2v) is 13.3. The van der Waals surface area contributed by atoms with Gasteiger partial charge in [-0.1, -0.05) is 177 Å². The van der Waals surface area contributed by atoms with Crippen molar-refractivity contribution in [2.45, 2.75) is 34.1 Å². The van der Waals surface area contributed by atoms with Gasteiger partial charge in [-0.2, -0.15) is 0 Å². The Kier molecular flexibility index (Phi) is 8.46. The molecule has 51 heavy (non-hydrogen) atoms. The van der Waals surface area contributed by atoms with E-state index in [-0.39, 0.29) is 7.43 Å². The lowest BCUT2D eigenvalue weighted by atomic mass is 9.81. The minimum Gasteiger partial charge on any atom is -0.0871 e. The van der Waals surface area contributed by atoms with Crippen molar-refractivity contribution in [2.24, 2.45) is 0 Å². The van der Waals surface area contributed by atoms with Crippen molar-refractivity contribution < 1.29 is 0 Å². The Hall–Kier alpha value is -5.98. The van der Waals surface area contributed by atoms with Gasteiger partial charge in [0, 0.05) is 0 Å². The van der Waals surface area contributed by atoms with Gasteiger partial charge in [0.05, 0.1) is 0 Å². The van der Waals surface area contributed by atoms with Crippen molar-refractivity contribution in [1.82, 2.24) is 0 Å². The Labute approximate surface area is 301 Å². The maximum Gasteiger partial charge on any atom is -0.00140 e. The van der Waals surface area contributed by atoms with Crippen LogP contribution in [0.5, 0.6) is 0 Å². The number of hydrogen-bond acceptors (Lipinski definition) is 0. The van der Waals surface area contributed by atoms with E-state index in [1.54, 1.807) is 0 Å². The summed E-state index contributed by atoms with van der Waals surface area (Å²) >= 11 is 0. The van der Waals surface area contributed by atoms with Crippen LogP contribution in [0.25, 0.3) is 94.2 Å². The highest BCUT2D eigenvalue weighted by Gasteiger charge is 2.21. The van der Waals surface area contributed by atoms with E-state index in [0.717, 1.165) is 12.8 Å². The van der Waals surface area contributed by atoms with Crippen molar-refractivity contribution in [3.63, 3.8) is 0 Å². The minimum absolute atomic E-state index is 0. The zero-order chi connectivity index (χ0) is 33.6. The molecule has 0 nitrogen and oxygen atoms in total. The Morgan fingerprint density at radius 3 is 1.55 bits per heavy atom.